The molecule has 0 fully saturated rings. The summed E-state index contributed by atoms with van der Waals surface area (Å²) < 4.78 is 28.1. The summed E-state index contributed by atoms with van der Waals surface area (Å²) in [5.41, 5.74) is 0.992. The highest BCUT2D eigenvalue weighted by molar-refractivity contribution is 5.88. The maximum absolute atomic E-state index is 14.0. The number of hydrogen-bond donors (Lipinski definition) is 1. The van der Waals surface area contributed by atoms with Crippen molar-refractivity contribution in [3.8, 4) is 11.1 Å². The quantitative estimate of drug-likeness (QED) is 0.787. The fraction of sp³-hybridized carbons (Fsp3) is 0.0714. The summed E-state index contributed by atoms with van der Waals surface area (Å²) in [5.74, 6) is -2.61. The molecule has 106 valence electrons. The predicted molar refractivity (Wildman–Crippen MR) is 70.0 cm³/mol. The van der Waals surface area contributed by atoms with Gasteiger partial charge in [-0.15, -0.1) is 0 Å². The van der Waals surface area contributed by atoms with Gasteiger partial charge in [0.15, 0.2) is 11.3 Å². The molecule has 2 aromatic heterocycles. The molecule has 0 aliphatic carbocycles. The topological polar surface area (TPSA) is 67.5 Å². The molecule has 1 aromatic carbocycles. The number of carboxylic acids is 1. The minimum Gasteiger partial charge on any atom is -0.477 e. The van der Waals surface area contributed by atoms with E-state index in [4.69, 9.17) is 5.11 Å². The molecule has 21 heavy (non-hydrogen) atoms. The standard InChI is InChI=1S/C14H9F2N3O2/c1-7-12(9-3-2-8(15)6-10(9)16)13-17-5-4-11(14(20)21)19(13)18-7/h2-6H,1H3,(H,20,21). The van der Waals surface area contributed by atoms with E-state index < -0.39 is 17.6 Å². The third-order valence-corrected chi connectivity index (χ3v) is 3.11. The van der Waals surface area contributed by atoms with Crippen molar-refractivity contribution in [2.45, 2.75) is 6.92 Å². The van der Waals surface area contributed by atoms with Crippen LogP contribution in [0.5, 0.6) is 0 Å². The van der Waals surface area contributed by atoms with Gasteiger partial charge in [0, 0.05) is 17.8 Å². The van der Waals surface area contributed by atoms with Crippen LogP contribution in [0.1, 0.15) is 16.2 Å². The van der Waals surface area contributed by atoms with E-state index in [0.717, 1.165) is 16.6 Å². The third kappa shape index (κ3) is 2.03. The zero-order valence-corrected chi connectivity index (χ0v) is 10.8. The molecule has 0 saturated heterocycles. The molecule has 5 nitrogen and oxygen atoms in total. The fourth-order valence-corrected chi connectivity index (χ4v) is 2.22. The summed E-state index contributed by atoms with van der Waals surface area (Å²) in [6, 6.07) is 4.47. The maximum Gasteiger partial charge on any atom is 0.354 e. The number of aryl methyl sites for hydroxylation is 1. The first-order chi connectivity index (χ1) is 9.99. The number of carbonyl (C=O) groups is 1. The van der Waals surface area contributed by atoms with Crippen molar-refractivity contribution in [3.05, 3.63) is 53.5 Å². The van der Waals surface area contributed by atoms with E-state index in [0.29, 0.717) is 11.3 Å². The molecule has 0 aliphatic heterocycles. The Balaban J connectivity index is 2.36. The first-order valence-electron chi connectivity index (χ1n) is 6.02. The van der Waals surface area contributed by atoms with Crippen LogP contribution in [0.4, 0.5) is 8.78 Å². The second-order valence-electron chi connectivity index (χ2n) is 4.46. The Morgan fingerprint density at radius 2 is 2.05 bits per heavy atom. The van der Waals surface area contributed by atoms with Crippen molar-refractivity contribution >= 4 is 11.6 Å². The first kappa shape index (κ1) is 13.2. The third-order valence-electron chi connectivity index (χ3n) is 3.11. The number of aromatic nitrogens is 3. The lowest BCUT2D eigenvalue weighted by molar-refractivity contribution is 0.0687. The summed E-state index contributed by atoms with van der Waals surface area (Å²) in [7, 11) is 0. The Morgan fingerprint density at radius 3 is 2.71 bits per heavy atom. The summed E-state index contributed by atoms with van der Waals surface area (Å²) in [6.07, 6.45) is 1.31. The van der Waals surface area contributed by atoms with Gasteiger partial charge in [0.25, 0.3) is 0 Å². The van der Waals surface area contributed by atoms with Crippen LogP contribution in [0, 0.1) is 18.6 Å². The van der Waals surface area contributed by atoms with Gasteiger partial charge in [0.2, 0.25) is 0 Å². The van der Waals surface area contributed by atoms with Crippen LogP contribution < -0.4 is 0 Å². The molecule has 0 atom stereocenters. The molecule has 3 rings (SSSR count). The fourth-order valence-electron chi connectivity index (χ4n) is 2.22. The van der Waals surface area contributed by atoms with Crippen molar-refractivity contribution in [1.29, 1.82) is 0 Å². The lowest BCUT2D eigenvalue weighted by Gasteiger charge is -2.03. The first-order valence-corrected chi connectivity index (χ1v) is 6.02. The summed E-state index contributed by atoms with van der Waals surface area (Å²) in [4.78, 5) is 15.2. The SMILES string of the molecule is Cc1nn2c(C(=O)O)ccnc2c1-c1ccc(F)cc1F. The normalized spacial score (nSPS) is 11.0. The van der Waals surface area contributed by atoms with Gasteiger partial charge in [-0.05, 0) is 25.1 Å². The molecule has 7 heteroatoms. The lowest BCUT2D eigenvalue weighted by atomic mass is 10.1. The van der Waals surface area contributed by atoms with Crippen molar-refractivity contribution in [2.75, 3.05) is 0 Å². The van der Waals surface area contributed by atoms with Crippen LogP contribution in [0.3, 0.4) is 0 Å². The van der Waals surface area contributed by atoms with E-state index in [-0.39, 0.29) is 16.9 Å². The monoisotopic (exact) mass is 289 g/mol. The predicted octanol–water partition coefficient (Wildman–Crippen LogP) is 2.68. The van der Waals surface area contributed by atoms with Gasteiger partial charge in [-0.2, -0.15) is 5.10 Å². The number of carboxylic acid groups (broad SMARTS) is 1. The zero-order valence-electron chi connectivity index (χ0n) is 10.8. The van der Waals surface area contributed by atoms with Crippen molar-refractivity contribution < 1.29 is 18.7 Å². The van der Waals surface area contributed by atoms with Gasteiger partial charge in [-0.1, -0.05) is 0 Å². The van der Waals surface area contributed by atoms with Crippen LogP contribution in [-0.2, 0) is 0 Å². The number of rotatable bonds is 2. The van der Waals surface area contributed by atoms with Gasteiger partial charge in [-0.25, -0.2) is 23.1 Å². The van der Waals surface area contributed by atoms with Crippen LogP contribution >= 0.6 is 0 Å². The van der Waals surface area contributed by atoms with Gasteiger partial charge in [0.1, 0.15) is 11.6 Å². The summed E-state index contributed by atoms with van der Waals surface area (Å²) >= 11 is 0. The van der Waals surface area contributed by atoms with Crippen LogP contribution in [0.15, 0.2) is 30.5 Å². The number of benzene rings is 1. The van der Waals surface area contributed by atoms with Crippen LogP contribution in [0.25, 0.3) is 16.8 Å². The lowest BCUT2D eigenvalue weighted by Crippen LogP contribution is -2.06. The number of nitrogens with zero attached hydrogens (tertiary/aromatic N) is 3. The Morgan fingerprint density at radius 1 is 1.29 bits per heavy atom. The summed E-state index contributed by atoms with van der Waals surface area (Å²) in [5, 5.41) is 13.2. The van der Waals surface area contributed by atoms with Crippen molar-refractivity contribution in [3.63, 3.8) is 0 Å². The molecule has 0 amide bonds. The molecule has 0 spiro atoms. The van der Waals surface area contributed by atoms with E-state index in [9.17, 15) is 13.6 Å². The zero-order chi connectivity index (χ0) is 15.1. The average Bonchev–Trinajstić information content (AvgIpc) is 2.74. The second kappa shape index (κ2) is 4.62. The molecule has 0 unspecified atom stereocenters. The van der Waals surface area contributed by atoms with Crippen molar-refractivity contribution in [2.24, 2.45) is 0 Å². The molecular weight excluding hydrogens is 280 g/mol. The molecule has 0 saturated carbocycles. The van der Waals surface area contributed by atoms with Gasteiger partial charge >= 0.3 is 5.97 Å². The second-order valence-corrected chi connectivity index (χ2v) is 4.46. The molecule has 1 N–H and O–H groups in total. The Kier molecular flexibility index (Phi) is 2.90. The van der Waals surface area contributed by atoms with E-state index in [1.165, 1.54) is 18.3 Å². The van der Waals surface area contributed by atoms with E-state index in [1.54, 1.807) is 6.92 Å². The van der Waals surface area contributed by atoms with Crippen molar-refractivity contribution in [1.82, 2.24) is 14.6 Å². The van der Waals surface area contributed by atoms with Gasteiger partial charge in [-0.3, -0.25) is 0 Å². The molecule has 3 aromatic rings. The Hall–Kier alpha value is -2.83. The van der Waals surface area contributed by atoms with Crippen LogP contribution in [0.2, 0.25) is 0 Å². The van der Waals surface area contributed by atoms with E-state index in [1.807, 2.05) is 0 Å². The molecule has 0 bridgehead atoms. The molecule has 2 heterocycles. The smallest absolute Gasteiger partial charge is 0.354 e. The maximum atomic E-state index is 14.0. The average molecular weight is 289 g/mol. The summed E-state index contributed by atoms with van der Waals surface area (Å²) in [6.45, 7) is 1.61. The highest BCUT2D eigenvalue weighted by Gasteiger charge is 2.20. The largest absolute Gasteiger partial charge is 0.477 e. The van der Waals surface area contributed by atoms with Gasteiger partial charge in [0.05, 0.1) is 11.3 Å². The van der Waals surface area contributed by atoms with Crippen LogP contribution in [-0.4, -0.2) is 25.7 Å². The van der Waals surface area contributed by atoms with E-state index >= 15 is 0 Å². The Labute approximate surface area is 117 Å². The molecule has 0 radical (unpaired) electrons. The number of halogens is 2. The highest BCUT2D eigenvalue weighted by Crippen LogP contribution is 2.30. The number of fused-ring (bicyclic) bond motifs is 1. The highest BCUT2D eigenvalue weighted by atomic mass is 19.1. The molecule has 0 aliphatic rings. The minimum atomic E-state index is -1.17. The number of hydrogen-bond acceptors (Lipinski definition) is 3. The minimum absolute atomic E-state index is 0.0862. The van der Waals surface area contributed by atoms with E-state index in [2.05, 4.69) is 10.1 Å². The number of aromatic carboxylic acids is 1. The Bertz CT molecular complexity index is 874. The molecular formula is C14H9F2N3O2. The van der Waals surface area contributed by atoms with Gasteiger partial charge < -0.3 is 5.11 Å².